The summed E-state index contributed by atoms with van der Waals surface area (Å²) in [4.78, 5) is 0. The molecule has 0 aliphatic rings. The van der Waals surface area contributed by atoms with Crippen LogP contribution in [0, 0.1) is 0 Å². The number of aryl methyl sites for hydroxylation is 1. The van der Waals surface area contributed by atoms with Crippen LogP contribution in [0.5, 0.6) is 0 Å². The van der Waals surface area contributed by atoms with Crippen LogP contribution in [-0.4, -0.2) is 18.2 Å². The average Bonchev–Trinajstić information content (AvgIpc) is 2.66. The van der Waals surface area contributed by atoms with Gasteiger partial charge in [0.1, 0.15) is 0 Å². The van der Waals surface area contributed by atoms with Crippen molar-refractivity contribution in [3.05, 3.63) is 35.0 Å². The molecule has 3 heteroatoms. The Morgan fingerprint density at radius 3 is 2.72 bits per heavy atom. The molecular formula is C15H21ClN2. The summed E-state index contributed by atoms with van der Waals surface area (Å²) in [5.74, 6) is 0. The van der Waals surface area contributed by atoms with E-state index in [0.29, 0.717) is 6.04 Å². The molecule has 0 aliphatic carbocycles. The minimum absolute atomic E-state index is 0.480. The van der Waals surface area contributed by atoms with Crippen LogP contribution in [0.4, 0.5) is 0 Å². The predicted octanol–water partition coefficient (Wildman–Crippen LogP) is 4.03. The van der Waals surface area contributed by atoms with E-state index in [4.69, 9.17) is 11.6 Å². The molecule has 0 atom stereocenters. The fraction of sp³-hybridized carbons (Fsp3) is 0.467. The fourth-order valence-electron chi connectivity index (χ4n) is 2.51. The monoisotopic (exact) mass is 264 g/mol. The Bertz CT molecular complexity index is 529. The lowest BCUT2D eigenvalue weighted by Crippen LogP contribution is -2.11. The Morgan fingerprint density at radius 2 is 2.06 bits per heavy atom. The van der Waals surface area contributed by atoms with Crippen molar-refractivity contribution < 1.29 is 0 Å². The van der Waals surface area contributed by atoms with Crippen molar-refractivity contribution in [2.45, 2.75) is 32.7 Å². The standard InChI is InChI=1S/C15H21ClN2/c1-11(2)18-14(5-4-8-17-3)10-12-9-13(16)6-7-15(12)18/h6-7,9-11,17H,4-5,8H2,1-3H3. The second kappa shape index (κ2) is 5.77. The van der Waals surface area contributed by atoms with Crippen molar-refractivity contribution in [2.24, 2.45) is 0 Å². The predicted molar refractivity (Wildman–Crippen MR) is 79.6 cm³/mol. The number of aromatic nitrogens is 1. The van der Waals surface area contributed by atoms with Gasteiger partial charge in [0.2, 0.25) is 0 Å². The number of nitrogens with one attached hydrogen (secondary N) is 1. The third kappa shape index (κ3) is 2.70. The summed E-state index contributed by atoms with van der Waals surface area (Å²) in [5.41, 5.74) is 2.69. The van der Waals surface area contributed by atoms with Crippen LogP contribution in [-0.2, 0) is 6.42 Å². The summed E-state index contributed by atoms with van der Waals surface area (Å²) in [6.07, 6.45) is 2.26. The SMILES string of the molecule is CNCCCc1cc2cc(Cl)ccc2n1C(C)C. The maximum Gasteiger partial charge on any atom is 0.0485 e. The van der Waals surface area contributed by atoms with Crippen LogP contribution in [0.15, 0.2) is 24.3 Å². The molecule has 1 N–H and O–H groups in total. The second-order valence-electron chi connectivity index (χ2n) is 5.01. The molecule has 1 heterocycles. The van der Waals surface area contributed by atoms with Crippen molar-refractivity contribution in [1.29, 1.82) is 0 Å². The molecule has 2 aromatic rings. The third-order valence-corrected chi connectivity index (χ3v) is 3.49. The Hall–Kier alpha value is -0.990. The molecule has 0 unspecified atom stereocenters. The van der Waals surface area contributed by atoms with E-state index < -0.39 is 0 Å². The zero-order chi connectivity index (χ0) is 13.1. The molecule has 0 radical (unpaired) electrons. The van der Waals surface area contributed by atoms with Crippen LogP contribution in [0.3, 0.4) is 0 Å². The Kier molecular flexibility index (Phi) is 4.31. The topological polar surface area (TPSA) is 17.0 Å². The largest absolute Gasteiger partial charge is 0.342 e. The summed E-state index contributed by atoms with van der Waals surface area (Å²) in [6.45, 7) is 5.52. The number of hydrogen-bond donors (Lipinski definition) is 1. The highest BCUT2D eigenvalue weighted by molar-refractivity contribution is 6.31. The number of fused-ring (bicyclic) bond motifs is 1. The number of rotatable bonds is 5. The van der Waals surface area contributed by atoms with Gasteiger partial charge in [-0.3, -0.25) is 0 Å². The summed E-state index contributed by atoms with van der Waals surface area (Å²) in [7, 11) is 2.00. The highest BCUT2D eigenvalue weighted by Crippen LogP contribution is 2.27. The lowest BCUT2D eigenvalue weighted by Gasteiger charge is -2.14. The van der Waals surface area contributed by atoms with E-state index in [-0.39, 0.29) is 0 Å². The average molecular weight is 265 g/mol. The van der Waals surface area contributed by atoms with E-state index in [1.54, 1.807) is 0 Å². The molecule has 0 bridgehead atoms. The van der Waals surface area contributed by atoms with Gasteiger partial charge in [-0.1, -0.05) is 11.6 Å². The van der Waals surface area contributed by atoms with Gasteiger partial charge in [0.15, 0.2) is 0 Å². The zero-order valence-electron chi connectivity index (χ0n) is 11.3. The Balaban J connectivity index is 2.41. The lowest BCUT2D eigenvalue weighted by atomic mass is 10.2. The first kappa shape index (κ1) is 13.4. The number of nitrogens with zero attached hydrogens (tertiary/aromatic N) is 1. The van der Waals surface area contributed by atoms with Crippen LogP contribution in [0.25, 0.3) is 10.9 Å². The molecule has 2 nitrogen and oxygen atoms in total. The van der Waals surface area contributed by atoms with Gasteiger partial charge in [-0.25, -0.2) is 0 Å². The first-order valence-electron chi connectivity index (χ1n) is 6.57. The van der Waals surface area contributed by atoms with Crippen molar-refractivity contribution in [2.75, 3.05) is 13.6 Å². The van der Waals surface area contributed by atoms with Gasteiger partial charge < -0.3 is 9.88 Å². The van der Waals surface area contributed by atoms with E-state index in [1.807, 2.05) is 13.1 Å². The van der Waals surface area contributed by atoms with Crippen molar-refractivity contribution >= 4 is 22.5 Å². The quantitative estimate of drug-likeness (QED) is 0.807. The highest BCUT2D eigenvalue weighted by Gasteiger charge is 2.11. The maximum atomic E-state index is 6.07. The molecule has 2 rings (SSSR count). The molecule has 0 amide bonds. The summed E-state index contributed by atoms with van der Waals surface area (Å²) in [5, 5.41) is 5.26. The van der Waals surface area contributed by atoms with E-state index in [1.165, 1.54) is 16.6 Å². The Labute approximate surface area is 114 Å². The molecule has 0 aliphatic heterocycles. The number of halogens is 1. The van der Waals surface area contributed by atoms with Gasteiger partial charge in [0, 0.05) is 27.7 Å². The minimum atomic E-state index is 0.480. The van der Waals surface area contributed by atoms with Crippen LogP contribution < -0.4 is 5.32 Å². The van der Waals surface area contributed by atoms with Gasteiger partial charge >= 0.3 is 0 Å². The van der Waals surface area contributed by atoms with Crippen LogP contribution in [0.2, 0.25) is 5.02 Å². The fourth-order valence-corrected chi connectivity index (χ4v) is 2.69. The zero-order valence-corrected chi connectivity index (χ0v) is 12.1. The molecule has 0 spiro atoms. The molecule has 18 heavy (non-hydrogen) atoms. The summed E-state index contributed by atoms with van der Waals surface area (Å²) >= 11 is 6.07. The second-order valence-corrected chi connectivity index (χ2v) is 5.45. The van der Waals surface area contributed by atoms with Crippen molar-refractivity contribution in [1.82, 2.24) is 9.88 Å². The summed E-state index contributed by atoms with van der Waals surface area (Å²) < 4.78 is 2.42. The van der Waals surface area contributed by atoms with Crippen molar-refractivity contribution in [3.8, 4) is 0 Å². The van der Waals surface area contributed by atoms with E-state index in [0.717, 1.165) is 24.4 Å². The van der Waals surface area contributed by atoms with Crippen LogP contribution in [0.1, 0.15) is 32.0 Å². The molecule has 0 saturated carbocycles. The highest BCUT2D eigenvalue weighted by atomic mass is 35.5. The molecule has 0 saturated heterocycles. The lowest BCUT2D eigenvalue weighted by molar-refractivity contribution is 0.582. The molecule has 98 valence electrons. The normalized spacial score (nSPS) is 11.6. The third-order valence-electron chi connectivity index (χ3n) is 3.26. The van der Waals surface area contributed by atoms with Gasteiger partial charge in [-0.05, 0) is 64.5 Å². The molecule has 1 aromatic heterocycles. The molecule has 0 fully saturated rings. The van der Waals surface area contributed by atoms with E-state index in [9.17, 15) is 0 Å². The van der Waals surface area contributed by atoms with Gasteiger partial charge in [-0.15, -0.1) is 0 Å². The van der Waals surface area contributed by atoms with E-state index >= 15 is 0 Å². The number of hydrogen-bond acceptors (Lipinski definition) is 1. The van der Waals surface area contributed by atoms with Gasteiger partial charge in [0.25, 0.3) is 0 Å². The minimum Gasteiger partial charge on any atom is -0.342 e. The van der Waals surface area contributed by atoms with Crippen LogP contribution >= 0.6 is 11.6 Å². The maximum absolute atomic E-state index is 6.07. The number of benzene rings is 1. The first-order chi connectivity index (χ1) is 8.63. The smallest absolute Gasteiger partial charge is 0.0485 e. The molecule has 1 aromatic carbocycles. The summed E-state index contributed by atoms with van der Waals surface area (Å²) in [6, 6.07) is 8.90. The molecular weight excluding hydrogens is 244 g/mol. The first-order valence-corrected chi connectivity index (χ1v) is 6.95. The van der Waals surface area contributed by atoms with E-state index in [2.05, 4.69) is 41.9 Å². The van der Waals surface area contributed by atoms with Crippen molar-refractivity contribution in [3.63, 3.8) is 0 Å². The van der Waals surface area contributed by atoms with Gasteiger partial charge in [0.05, 0.1) is 0 Å². The Morgan fingerprint density at radius 1 is 1.28 bits per heavy atom. The van der Waals surface area contributed by atoms with Gasteiger partial charge in [-0.2, -0.15) is 0 Å².